The number of hydrogen-bond donors (Lipinski definition) is 2. The maximum atomic E-state index is 11.0. The summed E-state index contributed by atoms with van der Waals surface area (Å²) in [5.41, 5.74) is 0.290. The summed E-state index contributed by atoms with van der Waals surface area (Å²) in [5.74, 6) is -0.0564. The number of nitro groups is 1. The van der Waals surface area contributed by atoms with Crippen LogP contribution >= 0.6 is 11.6 Å². The molecule has 1 saturated heterocycles. The molecule has 0 radical (unpaired) electrons. The first-order chi connectivity index (χ1) is 8.06. The largest absolute Gasteiger partial charge is 0.374 e. The lowest BCUT2D eigenvalue weighted by Gasteiger charge is -2.12. The van der Waals surface area contributed by atoms with Gasteiger partial charge < -0.3 is 10.6 Å². The number of benzene rings is 1. The highest BCUT2D eigenvalue weighted by Crippen LogP contribution is 2.28. The molecule has 2 rings (SSSR count). The molecule has 90 valence electrons. The summed E-state index contributed by atoms with van der Waals surface area (Å²) in [5, 5.41) is 16.8. The molecule has 0 spiro atoms. The second-order valence-electron chi connectivity index (χ2n) is 3.77. The highest BCUT2D eigenvalue weighted by Gasteiger charge is 2.24. The fraction of sp³-hybridized carbons (Fsp3) is 0.300. The quantitative estimate of drug-likeness (QED) is 0.634. The van der Waals surface area contributed by atoms with Gasteiger partial charge >= 0.3 is 0 Å². The summed E-state index contributed by atoms with van der Waals surface area (Å²) in [6.45, 7) is 0.471. The fourth-order valence-corrected chi connectivity index (χ4v) is 1.87. The minimum atomic E-state index is -0.502. The van der Waals surface area contributed by atoms with Gasteiger partial charge in [-0.25, -0.2) is 0 Å². The SMILES string of the molecule is O=C1CC(Nc2ccc(Cl)cc2[N+](=O)[O-])CN1. The van der Waals surface area contributed by atoms with Crippen LogP contribution in [0.3, 0.4) is 0 Å². The molecule has 6 nitrogen and oxygen atoms in total. The van der Waals surface area contributed by atoms with Gasteiger partial charge in [-0.3, -0.25) is 14.9 Å². The molecule has 1 aliphatic rings. The second-order valence-corrected chi connectivity index (χ2v) is 4.20. The number of nitrogens with one attached hydrogen (secondary N) is 2. The van der Waals surface area contributed by atoms with E-state index in [1.54, 1.807) is 12.1 Å². The van der Waals surface area contributed by atoms with Crippen LogP contribution in [-0.2, 0) is 4.79 Å². The topological polar surface area (TPSA) is 84.3 Å². The van der Waals surface area contributed by atoms with Crippen molar-refractivity contribution in [3.05, 3.63) is 33.3 Å². The van der Waals surface area contributed by atoms with E-state index in [1.807, 2.05) is 0 Å². The Bertz CT molecular complexity index is 478. The predicted octanol–water partition coefficient (Wildman–Crippen LogP) is 1.55. The molecule has 0 aromatic heterocycles. The van der Waals surface area contributed by atoms with Crippen LogP contribution in [0.5, 0.6) is 0 Å². The lowest BCUT2D eigenvalue weighted by molar-refractivity contribution is -0.384. The molecule has 0 aliphatic carbocycles. The van der Waals surface area contributed by atoms with Gasteiger partial charge in [-0.1, -0.05) is 11.6 Å². The first-order valence-electron chi connectivity index (χ1n) is 5.03. The minimum Gasteiger partial charge on any atom is -0.374 e. The van der Waals surface area contributed by atoms with E-state index in [-0.39, 0.29) is 17.6 Å². The van der Waals surface area contributed by atoms with Crippen molar-refractivity contribution in [2.75, 3.05) is 11.9 Å². The Balaban J connectivity index is 2.20. The highest BCUT2D eigenvalue weighted by molar-refractivity contribution is 6.30. The lowest BCUT2D eigenvalue weighted by Crippen LogP contribution is -2.22. The zero-order valence-corrected chi connectivity index (χ0v) is 9.53. The number of rotatable bonds is 3. The molecule has 1 atom stereocenters. The number of halogens is 1. The van der Waals surface area contributed by atoms with E-state index in [4.69, 9.17) is 11.6 Å². The van der Waals surface area contributed by atoms with Crippen LogP contribution in [0.1, 0.15) is 6.42 Å². The lowest BCUT2D eigenvalue weighted by atomic mass is 10.2. The maximum absolute atomic E-state index is 11.0. The van der Waals surface area contributed by atoms with Gasteiger partial charge in [0.1, 0.15) is 5.69 Å². The van der Waals surface area contributed by atoms with Gasteiger partial charge in [-0.15, -0.1) is 0 Å². The third-order valence-corrected chi connectivity index (χ3v) is 2.73. The van der Waals surface area contributed by atoms with Crippen LogP contribution in [0, 0.1) is 10.1 Å². The molecule has 17 heavy (non-hydrogen) atoms. The molecule has 1 fully saturated rings. The molecule has 1 amide bonds. The van der Waals surface area contributed by atoms with Crippen LogP contribution in [0.25, 0.3) is 0 Å². The van der Waals surface area contributed by atoms with Crippen LogP contribution in [0.4, 0.5) is 11.4 Å². The average molecular weight is 256 g/mol. The summed E-state index contributed by atoms with van der Waals surface area (Å²) in [6.07, 6.45) is 0.319. The number of nitrogens with zero attached hydrogens (tertiary/aromatic N) is 1. The Hall–Kier alpha value is -1.82. The van der Waals surface area contributed by atoms with E-state index < -0.39 is 4.92 Å². The Morgan fingerprint density at radius 3 is 2.88 bits per heavy atom. The van der Waals surface area contributed by atoms with Crippen molar-refractivity contribution in [3.63, 3.8) is 0 Å². The molecule has 1 aromatic carbocycles. The molecule has 1 aliphatic heterocycles. The predicted molar refractivity (Wildman–Crippen MR) is 63.1 cm³/mol. The molecule has 1 heterocycles. The van der Waals surface area contributed by atoms with Crippen molar-refractivity contribution >= 4 is 28.9 Å². The monoisotopic (exact) mass is 255 g/mol. The molecule has 1 aromatic rings. The molecule has 7 heteroatoms. The van der Waals surface area contributed by atoms with E-state index in [1.165, 1.54) is 6.07 Å². The van der Waals surface area contributed by atoms with Crippen molar-refractivity contribution < 1.29 is 9.72 Å². The summed E-state index contributed by atoms with van der Waals surface area (Å²) in [6, 6.07) is 4.28. The Labute approximate surface area is 102 Å². The minimum absolute atomic E-state index is 0.0564. The van der Waals surface area contributed by atoms with Gasteiger partial charge in [-0.2, -0.15) is 0 Å². The molecule has 2 N–H and O–H groups in total. The number of carbonyl (C=O) groups is 1. The first-order valence-corrected chi connectivity index (χ1v) is 5.41. The van der Waals surface area contributed by atoms with Crippen molar-refractivity contribution in [2.45, 2.75) is 12.5 Å². The normalized spacial score (nSPS) is 18.9. The smallest absolute Gasteiger partial charge is 0.293 e. The van der Waals surface area contributed by atoms with E-state index in [0.29, 0.717) is 23.7 Å². The van der Waals surface area contributed by atoms with Crippen molar-refractivity contribution in [1.29, 1.82) is 0 Å². The van der Waals surface area contributed by atoms with Gasteiger partial charge in [0.2, 0.25) is 5.91 Å². The number of nitro benzene ring substituents is 1. The summed E-state index contributed by atoms with van der Waals surface area (Å²) >= 11 is 5.70. The van der Waals surface area contributed by atoms with Crippen LogP contribution in [0.15, 0.2) is 18.2 Å². The average Bonchev–Trinajstić information content (AvgIpc) is 2.66. The third-order valence-electron chi connectivity index (χ3n) is 2.49. The third kappa shape index (κ3) is 2.65. The molecular formula is C10H10ClN3O3. The van der Waals surface area contributed by atoms with E-state index in [0.717, 1.165) is 0 Å². The zero-order valence-electron chi connectivity index (χ0n) is 8.77. The maximum Gasteiger partial charge on any atom is 0.293 e. The summed E-state index contributed by atoms with van der Waals surface area (Å²) in [7, 11) is 0. The fourth-order valence-electron chi connectivity index (χ4n) is 1.71. The van der Waals surface area contributed by atoms with Crippen LogP contribution in [0.2, 0.25) is 5.02 Å². The van der Waals surface area contributed by atoms with Crippen molar-refractivity contribution in [1.82, 2.24) is 5.32 Å². The summed E-state index contributed by atoms with van der Waals surface area (Å²) < 4.78 is 0. The number of amides is 1. The molecular weight excluding hydrogens is 246 g/mol. The second kappa shape index (κ2) is 4.58. The zero-order chi connectivity index (χ0) is 12.4. The van der Waals surface area contributed by atoms with Crippen molar-refractivity contribution in [2.24, 2.45) is 0 Å². The van der Waals surface area contributed by atoms with Crippen molar-refractivity contribution in [3.8, 4) is 0 Å². The van der Waals surface area contributed by atoms with E-state index in [2.05, 4.69) is 10.6 Å². The van der Waals surface area contributed by atoms with Crippen LogP contribution < -0.4 is 10.6 Å². The first kappa shape index (κ1) is 11.7. The van der Waals surface area contributed by atoms with E-state index in [9.17, 15) is 14.9 Å². The van der Waals surface area contributed by atoms with E-state index >= 15 is 0 Å². The number of hydrogen-bond acceptors (Lipinski definition) is 4. The number of carbonyl (C=O) groups excluding carboxylic acids is 1. The molecule has 1 unspecified atom stereocenters. The van der Waals surface area contributed by atoms with Crippen LogP contribution in [-0.4, -0.2) is 23.4 Å². The Morgan fingerprint density at radius 2 is 2.29 bits per heavy atom. The molecule has 0 bridgehead atoms. The standard InChI is InChI=1S/C10H10ClN3O3/c11-6-1-2-8(9(3-6)14(16)17)13-7-4-10(15)12-5-7/h1-3,7,13H,4-5H2,(H,12,15). The summed E-state index contributed by atoms with van der Waals surface area (Å²) in [4.78, 5) is 21.3. The molecule has 0 saturated carbocycles. The number of anilines is 1. The Kier molecular flexibility index (Phi) is 3.14. The van der Waals surface area contributed by atoms with Gasteiger partial charge in [0.15, 0.2) is 0 Å². The van der Waals surface area contributed by atoms with Gasteiger partial charge in [0.05, 0.1) is 11.0 Å². The van der Waals surface area contributed by atoms with Gasteiger partial charge in [-0.05, 0) is 12.1 Å². The highest BCUT2D eigenvalue weighted by atomic mass is 35.5. The van der Waals surface area contributed by atoms with Gasteiger partial charge in [0.25, 0.3) is 5.69 Å². The van der Waals surface area contributed by atoms with Gasteiger partial charge in [0, 0.05) is 24.1 Å². The Morgan fingerprint density at radius 1 is 1.53 bits per heavy atom.